The molecule has 190 valence electrons. The van der Waals surface area contributed by atoms with E-state index in [2.05, 4.69) is 19.0 Å². The lowest BCUT2D eigenvalue weighted by Gasteiger charge is -2.12. The van der Waals surface area contributed by atoms with Gasteiger partial charge in [0, 0.05) is 11.5 Å². The first kappa shape index (κ1) is 26.8. The molecule has 0 spiro atoms. The fourth-order valence-electron chi connectivity index (χ4n) is 3.80. The summed E-state index contributed by atoms with van der Waals surface area (Å²) in [6, 6.07) is 17.3. The first-order chi connectivity index (χ1) is 17.8. The van der Waals surface area contributed by atoms with Crippen LogP contribution in [0.5, 0.6) is 5.75 Å². The van der Waals surface area contributed by atoms with Crippen molar-refractivity contribution >= 4 is 52.9 Å². The summed E-state index contributed by atoms with van der Waals surface area (Å²) >= 11 is 19.4. The fourth-order valence-corrected chi connectivity index (χ4v) is 4.61. The molecule has 0 aliphatic carbocycles. The number of rotatable bonds is 9. The third-order valence-electron chi connectivity index (χ3n) is 6.02. The molecule has 0 bridgehead atoms. The molecule has 37 heavy (non-hydrogen) atoms. The molecule has 4 aromatic rings. The molecule has 0 radical (unpaired) electrons. The minimum atomic E-state index is -0.973. The first-order valence-corrected chi connectivity index (χ1v) is 12.8. The molecule has 0 saturated heterocycles. The molecule has 0 fully saturated rings. The van der Waals surface area contributed by atoms with Gasteiger partial charge in [-0.2, -0.15) is 0 Å². The second-order valence-electron chi connectivity index (χ2n) is 8.52. The minimum absolute atomic E-state index is 0.122. The van der Waals surface area contributed by atoms with Gasteiger partial charge in [0.25, 0.3) is 0 Å². The van der Waals surface area contributed by atoms with Crippen molar-refractivity contribution in [3.05, 3.63) is 104 Å². The van der Waals surface area contributed by atoms with Gasteiger partial charge in [-0.05, 0) is 60.0 Å². The predicted octanol–water partition coefficient (Wildman–Crippen LogP) is 9.26. The lowest BCUT2D eigenvalue weighted by molar-refractivity contribution is 0.0697. The molecule has 0 amide bonds. The van der Waals surface area contributed by atoms with Crippen molar-refractivity contribution in [3.8, 4) is 17.0 Å². The average molecular weight is 557 g/mol. The Kier molecular flexibility index (Phi) is 8.59. The van der Waals surface area contributed by atoms with Gasteiger partial charge in [-0.1, -0.05) is 84.2 Å². The maximum absolute atomic E-state index is 11.2. The van der Waals surface area contributed by atoms with Crippen molar-refractivity contribution in [2.45, 2.75) is 32.8 Å². The van der Waals surface area contributed by atoms with Crippen LogP contribution in [0.1, 0.15) is 59.0 Å². The SMILES string of the molecule is CC[C@@H](C)c1onc(-c2c(Cl)cccc2Cl)c1COc1ccc(/C=C/c2cccc(C(=O)O)c2)c(Cl)c1. The standard InChI is InChI=1S/C29H24Cl3NO4/c1-3-17(2)28-22(27(33-37-28)26-23(30)8-5-9-24(26)31)16-36-21-13-12-19(25(32)15-21)11-10-18-6-4-7-20(14-18)29(34)35/h4-15,17H,3,16H2,1-2H3,(H,34,35)/b11-10+/t17-/m1/s1. The van der Waals surface area contributed by atoms with Crippen LogP contribution in [-0.4, -0.2) is 16.2 Å². The zero-order valence-electron chi connectivity index (χ0n) is 20.2. The number of carboxylic acids is 1. The molecule has 0 saturated carbocycles. The molecule has 1 N–H and O–H groups in total. The summed E-state index contributed by atoms with van der Waals surface area (Å²) in [5.74, 6) is 0.446. The third kappa shape index (κ3) is 6.19. The van der Waals surface area contributed by atoms with Crippen molar-refractivity contribution in [1.82, 2.24) is 5.16 Å². The number of aromatic carboxylic acids is 1. The second-order valence-corrected chi connectivity index (χ2v) is 9.74. The van der Waals surface area contributed by atoms with Crippen molar-refractivity contribution < 1.29 is 19.2 Å². The number of hydrogen-bond acceptors (Lipinski definition) is 4. The zero-order valence-corrected chi connectivity index (χ0v) is 22.4. The number of halogens is 3. The van der Waals surface area contributed by atoms with Gasteiger partial charge in [0.1, 0.15) is 23.8 Å². The first-order valence-electron chi connectivity index (χ1n) is 11.6. The predicted molar refractivity (Wildman–Crippen MR) is 149 cm³/mol. The highest BCUT2D eigenvalue weighted by atomic mass is 35.5. The van der Waals surface area contributed by atoms with Gasteiger partial charge in [0.05, 0.1) is 26.2 Å². The Labute approximate surface area is 230 Å². The highest BCUT2D eigenvalue weighted by Gasteiger charge is 2.24. The summed E-state index contributed by atoms with van der Waals surface area (Å²) < 4.78 is 11.8. The van der Waals surface area contributed by atoms with E-state index in [1.54, 1.807) is 42.5 Å². The van der Waals surface area contributed by atoms with Gasteiger partial charge in [-0.25, -0.2) is 4.79 Å². The molecule has 0 aliphatic rings. The van der Waals surface area contributed by atoms with E-state index in [0.29, 0.717) is 32.1 Å². The maximum atomic E-state index is 11.2. The van der Waals surface area contributed by atoms with Crippen molar-refractivity contribution in [1.29, 1.82) is 0 Å². The molecular weight excluding hydrogens is 533 g/mol. The average Bonchev–Trinajstić information content (AvgIpc) is 3.30. The summed E-state index contributed by atoms with van der Waals surface area (Å²) in [6.07, 6.45) is 4.50. The van der Waals surface area contributed by atoms with E-state index in [1.807, 2.05) is 30.4 Å². The van der Waals surface area contributed by atoms with Crippen LogP contribution in [0.4, 0.5) is 0 Å². The highest BCUT2D eigenvalue weighted by molar-refractivity contribution is 6.39. The number of ether oxygens (including phenoxy) is 1. The molecule has 8 heteroatoms. The van der Waals surface area contributed by atoms with Crippen LogP contribution in [0.3, 0.4) is 0 Å². The largest absolute Gasteiger partial charge is 0.489 e. The minimum Gasteiger partial charge on any atom is -0.489 e. The van der Waals surface area contributed by atoms with Gasteiger partial charge < -0.3 is 14.4 Å². The van der Waals surface area contributed by atoms with E-state index in [9.17, 15) is 9.90 Å². The van der Waals surface area contributed by atoms with Crippen LogP contribution in [0.2, 0.25) is 15.1 Å². The smallest absolute Gasteiger partial charge is 0.335 e. The van der Waals surface area contributed by atoms with Crippen LogP contribution < -0.4 is 4.74 Å². The maximum Gasteiger partial charge on any atom is 0.335 e. The Morgan fingerprint density at radius 3 is 2.43 bits per heavy atom. The fraction of sp³-hybridized carbons (Fsp3) is 0.172. The van der Waals surface area contributed by atoms with Crippen LogP contribution in [0, 0.1) is 0 Å². The topological polar surface area (TPSA) is 72.6 Å². The molecular formula is C29H24Cl3NO4. The van der Waals surface area contributed by atoms with Gasteiger partial charge >= 0.3 is 5.97 Å². The lowest BCUT2D eigenvalue weighted by atomic mass is 9.98. The molecule has 5 nitrogen and oxygen atoms in total. The quantitative estimate of drug-likeness (QED) is 0.208. The van der Waals surface area contributed by atoms with Crippen molar-refractivity contribution in [3.63, 3.8) is 0 Å². The number of nitrogens with zero attached hydrogens (tertiary/aromatic N) is 1. The Morgan fingerprint density at radius 1 is 1.03 bits per heavy atom. The molecule has 0 unspecified atom stereocenters. The molecule has 4 rings (SSSR count). The molecule has 1 heterocycles. The van der Waals surface area contributed by atoms with E-state index >= 15 is 0 Å². The number of hydrogen-bond donors (Lipinski definition) is 1. The third-order valence-corrected chi connectivity index (χ3v) is 6.98. The summed E-state index contributed by atoms with van der Waals surface area (Å²) in [5, 5.41) is 14.9. The highest BCUT2D eigenvalue weighted by Crippen LogP contribution is 2.39. The molecule has 0 aliphatic heterocycles. The monoisotopic (exact) mass is 555 g/mol. The Balaban J connectivity index is 1.57. The Morgan fingerprint density at radius 2 is 1.76 bits per heavy atom. The van der Waals surface area contributed by atoms with Gasteiger partial charge in [-0.3, -0.25) is 0 Å². The van der Waals surface area contributed by atoms with Crippen LogP contribution in [-0.2, 0) is 6.61 Å². The van der Waals surface area contributed by atoms with E-state index in [0.717, 1.165) is 28.9 Å². The van der Waals surface area contributed by atoms with Gasteiger partial charge in [0.2, 0.25) is 0 Å². The summed E-state index contributed by atoms with van der Waals surface area (Å²) in [4.78, 5) is 11.2. The van der Waals surface area contributed by atoms with Gasteiger partial charge in [-0.15, -0.1) is 0 Å². The molecule has 1 atom stereocenters. The lowest BCUT2D eigenvalue weighted by Crippen LogP contribution is -2.02. The summed E-state index contributed by atoms with van der Waals surface area (Å²) in [6.45, 7) is 4.32. The van der Waals surface area contributed by atoms with E-state index in [-0.39, 0.29) is 18.1 Å². The van der Waals surface area contributed by atoms with Crippen LogP contribution in [0.15, 0.2) is 65.2 Å². The van der Waals surface area contributed by atoms with Crippen molar-refractivity contribution in [2.75, 3.05) is 0 Å². The second kappa shape index (κ2) is 11.9. The zero-order chi connectivity index (χ0) is 26.5. The van der Waals surface area contributed by atoms with Crippen molar-refractivity contribution in [2.24, 2.45) is 0 Å². The normalized spacial score (nSPS) is 12.1. The molecule has 1 aromatic heterocycles. The number of benzene rings is 3. The Hall–Kier alpha value is -3.25. The van der Waals surface area contributed by atoms with E-state index < -0.39 is 5.97 Å². The Bertz CT molecular complexity index is 1440. The van der Waals surface area contributed by atoms with E-state index in [1.165, 1.54) is 0 Å². The number of carbonyl (C=O) groups is 1. The number of aromatic nitrogens is 1. The summed E-state index contributed by atoms with van der Waals surface area (Å²) in [5.41, 5.74) is 3.69. The van der Waals surface area contributed by atoms with Crippen LogP contribution >= 0.6 is 34.8 Å². The van der Waals surface area contributed by atoms with Crippen LogP contribution in [0.25, 0.3) is 23.4 Å². The molecule has 3 aromatic carbocycles. The van der Waals surface area contributed by atoms with Gasteiger partial charge in [0.15, 0.2) is 0 Å². The van der Waals surface area contributed by atoms with E-state index in [4.69, 9.17) is 44.1 Å². The number of carboxylic acid groups (broad SMARTS) is 1. The summed E-state index contributed by atoms with van der Waals surface area (Å²) in [7, 11) is 0.